The van der Waals surface area contributed by atoms with E-state index in [2.05, 4.69) is 11.6 Å². The molecule has 0 aliphatic carbocycles. The molecular formula is C8H10N2O3. The number of oxazole rings is 1. The van der Waals surface area contributed by atoms with Gasteiger partial charge in [0.2, 0.25) is 0 Å². The number of anilines is 1. The van der Waals surface area contributed by atoms with E-state index in [0.717, 1.165) is 6.26 Å². The molecule has 0 aliphatic rings. The molecule has 0 saturated heterocycles. The highest BCUT2D eigenvalue weighted by Gasteiger charge is 2.12. The molecule has 0 aromatic carbocycles. The third-order valence-corrected chi connectivity index (χ3v) is 1.44. The highest BCUT2D eigenvalue weighted by atomic mass is 16.4. The second-order valence-corrected chi connectivity index (χ2v) is 2.49. The molecule has 13 heavy (non-hydrogen) atoms. The van der Waals surface area contributed by atoms with Crippen LogP contribution < -0.4 is 4.90 Å². The quantitative estimate of drug-likeness (QED) is 0.703. The van der Waals surface area contributed by atoms with E-state index in [1.165, 1.54) is 0 Å². The zero-order valence-corrected chi connectivity index (χ0v) is 7.23. The number of hydrogen-bond donors (Lipinski definition) is 1. The summed E-state index contributed by atoms with van der Waals surface area (Å²) in [6.07, 6.45) is 2.78. The van der Waals surface area contributed by atoms with Crippen molar-refractivity contribution in [1.29, 1.82) is 0 Å². The summed E-state index contributed by atoms with van der Waals surface area (Å²) in [4.78, 5) is 15.8. The van der Waals surface area contributed by atoms with E-state index < -0.39 is 5.97 Å². The summed E-state index contributed by atoms with van der Waals surface area (Å²) in [6.45, 7) is 4.10. The van der Waals surface area contributed by atoms with Gasteiger partial charge < -0.3 is 14.4 Å². The molecular weight excluding hydrogens is 172 g/mol. The van der Waals surface area contributed by atoms with Crippen LogP contribution in [0.3, 0.4) is 0 Å². The minimum atomic E-state index is -1.10. The lowest BCUT2D eigenvalue weighted by Crippen LogP contribution is -2.17. The molecule has 0 atom stereocenters. The second kappa shape index (κ2) is 3.75. The highest BCUT2D eigenvalue weighted by molar-refractivity contribution is 5.85. The van der Waals surface area contributed by atoms with Gasteiger partial charge in [0.15, 0.2) is 5.69 Å². The number of nitrogens with zero attached hydrogens (tertiary/aromatic N) is 2. The second-order valence-electron chi connectivity index (χ2n) is 2.49. The number of likely N-dealkylation sites (N-methyl/N-ethyl adjacent to an activating group) is 1. The molecule has 1 aromatic heterocycles. The first kappa shape index (κ1) is 9.31. The van der Waals surface area contributed by atoms with E-state index in [4.69, 9.17) is 9.52 Å². The number of carboxylic acids is 1. The summed E-state index contributed by atoms with van der Waals surface area (Å²) < 4.78 is 4.93. The van der Waals surface area contributed by atoms with E-state index in [-0.39, 0.29) is 11.7 Å². The van der Waals surface area contributed by atoms with Crippen molar-refractivity contribution in [3.63, 3.8) is 0 Å². The molecule has 5 heteroatoms. The molecule has 1 heterocycles. The summed E-state index contributed by atoms with van der Waals surface area (Å²) in [6, 6.07) is 0.275. The fourth-order valence-electron chi connectivity index (χ4n) is 0.810. The number of rotatable bonds is 4. The molecule has 1 rings (SSSR count). The number of aromatic nitrogens is 1. The monoisotopic (exact) mass is 182 g/mol. The minimum Gasteiger partial charge on any atom is -0.476 e. The molecule has 1 aromatic rings. The number of hydrogen-bond acceptors (Lipinski definition) is 4. The molecule has 70 valence electrons. The summed E-state index contributed by atoms with van der Waals surface area (Å²) in [5.41, 5.74) is -0.0917. The van der Waals surface area contributed by atoms with Gasteiger partial charge in [-0.25, -0.2) is 4.79 Å². The third kappa shape index (κ3) is 2.08. The average Bonchev–Trinajstić information content (AvgIpc) is 2.52. The standard InChI is InChI=1S/C8H10N2O3/c1-3-4-10(2)8-9-6(5-13-8)7(11)12/h3,5H,1,4H2,2H3,(H,11,12). The van der Waals surface area contributed by atoms with Crippen molar-refractivity contribution in [2.24, 2.45) is 0 Å². The van der Waals surface area contributed by atoms with E-state index in [0.29, 0.717) is 6.54 Å². The van der Waals surface area contributed by atoms with Gasteiger partial charge in [-0.2, -0.15) is 4.98 Å². The summed E-state index contributed by atoms with van der Waals surface area (Å²) >= 11 is 0. The molecule has 0 unspecified atom stereocenters. The van der Waals surface area contributed by atoms with Crippen molar-refractivity contribution in [3.8, 4) is 0 Å². The van der Waals surface area contributed by atoms with Crippen molar-refractivity contribution in [2.75, 3.05) is 18.5 Å². The molecule has 0 bridgehead atoms. The lowest BCUT2D eigenvalue weighted by Gasteiger charge is -2.09. The van der Waals surface area contributed by atoms with Crippen molar-refractivity contribution >= 4 is 12.0 Å². The Bertz CT molecular complexity index is 319. The maximum Gasteiger partial charge on any atom is 0.357 e. The number of carbonyl (C=O) groups is 1. The van der Waals surface area contributed by atoms with Gasteiger partial charge in [-0.3, -0.25) is 0 Å². The Morgan fingerprint density at radius 2 is 2.62 bits per heavy atom. The van der Waals surface area contributed by atoms with Crippen LogP contribution in [0.15, 0.2) is 23.3 Å². The number of carboxylic acid groups (broad SMARTS) is 1. The number of aromatic carboxylic acids is 1. The van der Waals surface area contributed by atoms with Gasteiger partial charge in [0.05, 0.1) is 0 Å². The third-order valence-electron chi connectivity index (χ3n) is 1.44. The van der Waals surface area contributed by atoms with Gasteiger partial charge in [-0.1, -0.05) is 6.08 Å². The fraction of sp³-hybridized carbons (Fsp3) is 0.250. The van der Waals surface area contributed by atoms with Gasteiger partial charge in [-0.15, -0.1) is 6.58 Å². The topological polar surface area (TPSA) is 66.6 Å². The van der Waals surface area contributed by atoms with Gasteiger partial charge in [0, 0.05) is 13.6 Å². The van der Waals surface area contributed by atoms with E-state index in [9.17, 15) is 4.79 Å². The van der Waals surface area contributed by atoms with Crippen molar-refractivity contribution in [3.05, 3.63) is 24.6 Å². The maximum atomic E-state index is 10.4. The summed E-state index contributed by atoms with van der Waals surface area (Å²) in [7, 11) is 1.74. The Labute approximate surface area is 75.3 Å². The Kier molecular flexibility index (Phi) is 2.69. The Balaban J connectivity index is 2.78. The zero-order valence-electron chi connectivity index (χ0n) is 7.23. The van der Waals surface area contributed by atoms with Crippen molar-refractivity contribution in [1.82, 2.24) is 4.98 Å². The summed E-state index contributed by atoms with van der Waals surface area (Å²) in [5.74, 6) is -1.10. The molecule has 0 saturated carbocycles. The van der Waals surface area contributed by atoms with Gasteiger partial charge in [0.25, 0.3) is 6.01 Å². The molecule has 0 spiro atoms. The molecule has 0 aliphatic heterocycles. The Hall–Kier alpha value is -1.78. The van der Waals surface area contributed by atoms with Crippen LogP contribution in [0, 0.1) is 0 Å². The van der Waals surface area contributed by atoms with Crippen LogP contribution in [0.1, 0.15) is 10.5 Å². The lowest BCUT2D eigenvalue weighted by atomic mass is 10.5. The van der Waals surface area contributed by atoms with Crippen molar-refractivity contribution in [2.45, 2.75) is 0 Å². The van der Waals surface area contributed by atoms with Crippen LogP contribution in [0.2, 0.25) is 0 Å². The van der Waals surface area contributed by atoms with Gasteiger partial charge >= 0.3 is 5.97 Å². The maximum absolute atomic E-state index is 10.4. The van der Waals surface area contributed by atoms with Gasteiger partial charge in [-0.05, 0) is 0 Å². The van der Waals surface area contributed by atoms with E-state index in [1.54, 1.807) is 18.0 Å². The van der Waals surface area contributed by atoms with Crippen LogP contribution >= 0.6 is 0 Å². The lowest BCUT2D eigenvalue weighted by molar-refractivity contribution is 0.0690. The van der Waals surface area contributed by atoms with E-state index in [1.807, 2.05) is 0 Å². The fourth-order valence-corrected chi connectivity index (χ4v) is 0.810. The predicted molar refractivity (Wildman–Crippen MR) is 46.9 cm³/mol. The first-order chi connectivity index (χ1) is 6.15. The first-order valence-electron chi connectivity index (χ1n) is 3.66. The van der Waals surface area contributed by atoms with Crippen molar-refractivity contribution < 1.29 is 14.3 Å². The molecule has 5 nitrogen and oxygen atoms in total. The van der Waals surface area contributed by atoms with Gasteiger partial charge in [0.1, 0.15) is 6.26 Å². The normalized spacial score (nSPS) is 9.62. The Morgan fingerprint density at radius 3 is 3.08 bits per heavy atom. The van der Waals surface area contributed by atoms with E-state index >= 15 is 0 Å². The van der Waals surface area contributed by atoms with Crippen LogP contribution in [0.4, 0.5) is 6.01 Å². The zero-order chi connectivity index (χ0) is 9.84. The molecule has 1 N–H and O–H groups in total. The summed E-state index contributed by atoms with van der Waals surface area (Å²) in [5, 5.41) is 8.55. The van der Waals surface area contributed by atoms with Crippen LogP contribution in [0.5, 0.6) is 0 Å². The molecule has 0 amide bonds. The van der Waals surface area contributed by atoms with Crippen LogP contribution in [0.25, 0.3) is 0 Å². The smallest absolute Gasteiger partial charge is 0.357 e. The molecule has 0 radical (unpaired) electrons. The first-order valence-corrected chi connectivity index (χ1v) is 3.66. The van der Waals surface area contributed by atoms with Crippen LogP contribution in [-0.4, -0.2) is 29.7 Å². The highest BCUT2D eigenvalue weighted by Crippen LogP contribution is 2.11. The predicted octanol–water partition coefficient (Wildman–Crippen LogP) is 0.995. The van der Waals surface area contributed by atoms with Crippen LogP contribution in [-0.2, 0) is 0 Å². The SMILES string of the molecule is C=CCN(C)c1nc(C(=O)O)co1. The largest absolute Gasteiger partial charge is 0.476 e. The Morgan fingerprint density at radius 1 is 1.92 bits per heavy atom. The average molecular weight is 182 g/mol. The molecule has 0 fully saturated rings. The minimum absolute atomic E-state index is 0.0917.